The largest absolute Gasteiger partial charge is 0.479 e. The van der Waals surface area contributed by atoms with Crippen LogP contribution in [-0.2, 0) is 9.59 Å². The van der Waals surface area contributed by atoms with Gasteiger partial charge in [0.1, 0.15) is 5.70 Å². The minimum Gasteiger partial charge on any atom is -0.479 e. The number of aliphatic carboxylic acids is 2. The van der Waals surface area contributed by atoms with Crippen LogP contribution in [-0.4, -0.2) is 44.1 Å². The topological polar surface area (TPSA) is 140 Å². The third kappa shape index (κ3) is 1.26. The molecule has 8 heteroatoms. The van der Waals surface area contributed by atoms with Gasteiger partial charge in [-0.25, -0.2) is 9.59 Å². The quantitative estimate of drug-likeness (QED) is 0.439. The van der Waals surface area contributed by atoms with E-state index in [0.717, 1.165) is 6.20 Å². The molecule has 8 nitrogen and oxygen atoms in total. The monoisotopic (exact) mass is 202 g/mol. The number of azo groups is 1. The lowest BCUT2D eigenvalue weighted by Crippen LogP contribution is -2.54. The van der Waals surface area contributed by atoms with E-state index in [1.807, 2.05) is 0 Å². The van der Waals surface area contributed by atoms with Gasteiger partial charge >= 0.3 is 11.9 Å². The van der Waals surface area contributed by atoms with Crippen molar-refractivity contribution < 1.29 is 30.0 Å². The smallest absolute Gasteiger partial charge is 0.345 e. The molecule has 0 aromatic carbocycles. The minimum atomic E-state index is -2.95. The number of hydrogen-bond donors (Lipinski definition) is 4. The van der Waals surface area contributed by atoms with Gasteiger partial charge in [-0.3, -0.25) is 0 Å². The van der Waals surface area contributed by atoms with Crippen LogP contribution in [0.1, 0.15) is 0 Å². The Morgan fingerprint density at radius 1 is 1.43 bits per heavy atom. The van der Waals surface area contributed by atoms with Crippen LogP contribution in [0, 0.1) is 0 Å². The van der Waals surface area contributed by atoms with Crippen LogP contribution in [0.4, 0.5) is 0 Å². The molecule has 76 valence electrons. The average molecular weight is 202 g/mol. The zero-order valence-electron chi connectivity index (χ0n) is 6.65. The van der Waals surface area contributed by atoms with Gasteiger partial charge in [0.15, 0.2) is 6.10 Å². The van der Waals surface area contributed by atoms with Gasteiger partial charge in [0.2, 0.25) is 5.60 Å². The first-order chi connectivity index (χ1) is 6.40. The highest BCUT2D eigenvalue weighted by Gasteiger charge is 2.53. The van der Waals surface area contributed by atoms with Crippen LogP contribution < -0.4 is 0 Å². The Morgan fingerprint density at radius 2 is 1.93 bits per heavy atom. The Kier molecular flexibility index (Phi) is 2.32. The summed E-state index contributed by atoms with van der Waals surface area (Å²) < 4.78 is 0. The summed E-state index contributed by atoms with van der Waals surface area (Å²) in [5.74, 6) is -3.77. The van der Waals surface area contributed by atoms with Gasteiger partial charge < -0.3 is 20.4 Å². The number of rotatable bonds is 4. The van der Waals surface area contributed by atoms with Crippen LogP contribution in [0.15, 0.2) is 22.1 Å². The highest BCUT2D eigenvalue weighted by Crippen LogP contribution is 2.28. The van der Waals surface area contributed by atoms with Gasteiger partial charge in [0, 0.05) is 0 Å². The summed E-state index contributed by atoms with van der Waals surface area (Å²) in [5.41, 5.74) is -3.45. The molecule has 2 unspecified atom stereocenters. The molecule has 1 heterocycles. The normalized spacial score (nSPS) is 20.3. The molecule has 0 aromatic heterocycles. The van der Waals surface area contributed by atoms with Gasteiger partial charge in [-0.15, -0.1) is 5.11 Å². The number of nitrogens with zero attached hydrogens (tertiary/aromatic N) is 2. The van der Waals surface area contributed by atoms with Gasteiger partial charge in [-0.05, 0) is 0 Å². The fraction of sp³-hybridized carbons (Fsp3) is 0.333. The summed E-state index contributed by atoms with van der Waals surface area (Å²) in [6, 6.07) is 0. The number of carboxylic acid groups (broad SMARTS) is 2. The van der Waals surface area contributed by atoms with Crippen LogP contribution in [0.5, 0.6) is 0 Å². The molecule has 4 N–H and O–H groups in total. The molecule has 0 amide bonds. The van der Waals surface area contributed by atoms with Gasteiger partial charge in [0.25, 0.3) is 0 Å². The molecular weight excluding hydrogens is 196 g/mol. The molecule has 1 aliphatic rings. The van der Waals surface area contributed by atoms with Crippen molar-refractivity contribution in [1.29, 1.82) is 0 Å². The van der Waals surface area contributed by atoms with Crippen molar-refractivity contribution in [3.63, 3.8) is 0 Å². The Hall–Kier alpha value is -1.80. The molecule has 1 rings (SSSR count). The molecule has 0 aromatic rings. The summed E-state index contributed by atoms with van der Waals surface area (Å²) in [4.78, 5) is 20.9. The van der Waals surface area contributed by atoms with E-state index in [4.69, 9.17) is 15.3 Å². The molecule has 14 heavy (non-hydrogen) atoms. The Morgan fingerprint density at radius 3 is 2.14 bits per heavy atom. The second kappa shape index (κ2) is 3.16. The van der Waals surface area contributed by atoms with Crippen molar-refractivity contribution in [3.05, 3.63) is 11.9 Å². The maximum Gasteiger partial charge on any atom is 0.345 e. The molecule has 0 fully saturated rings. The molecule has 0 saturated heterocycles. The molecule has 0 bridgehead atoms. The first kappa shape index (κ1) is 10.3. The number of carboxylic acids is 2. The predicted octanol–water partition coefficient (Wildman–Crippen LogP) is -1.45. The second-order valence-corrected chi connectivity index (χ2v) is 2.54. The maximum absolute atomic E-state index is 10.6. The third-order valence-corrected chi connectivity index (χ3v) is 1.69. The molecular formula is C6H6N2O6. The van der Waals surface area contributed by atoms with Crippen molar-refractivity contribution in [2.24, 2.45) is 10.2 Å². The number of carbonyl (C=O) groups is 2. The van der Waals surface area contributed by atoms with Gasteiger partial charge in [-0.1, -0.05) is 0 Å². The lowest BCUT2D eigenvalue weighted by Gasteiger charge is -2.26. The average Bonchev–Trinajstić information content (AvgIpc) is 1.98. The van der Waals surface area contributed by atoms with Crippen molar-refractivity contribution in [2.75, 3.05) is 0 Å². The highest BCUT2D eigenvalue weighted by molar-refractivity contribution is 5.90. The van der Waals surface area contributed by atoms with Gasteiger partial charge in [-0.2, -0.15) is 5.11 Å². The van der Waals surface area contributed by atoms with Crippen LogP contribution in [0.3, 0.4) is 0 Å². The standard InChI is InChI=1S/C6H6N2O6/c9-3(4(10)11)6(14,5(12)13)2-1-7-8-2/h1,3,9,14H,(H,10,11)(H,12,13). The molecule has 1 aliphatic heterocycles. The van der Waals surface area contributed by atoms with Crippen LogP contribution in [0.2, 0.25) is 0 Å². The molecule has 0 radical (unpaired) electrons. The van der Waals surface area contributed by atoms with E-state index in [0.29, 0.717) is 0 Å². The summed E-state index contributed by atoms with van der Waals surface area (Å²) in [6.07, 6.45) is -1.63. The number of aliphatic hydroxyl groups excluding tert-OH is 1. The van der Waals surface area contributed by atoms with E-state index in [1.54, 1.807) is 0 Å². The Balaban J connectivity index is 3.04. The van der Waals surface area contributed by atoms with Crippen molar-refractivity contribution in [1.82, 2.24) is 0 Å². The van der Waals surface area contributed by atoms with E-state index in [1.165, 1.54) is 0 Å². The molecule has 0 saturated carbocycles. The fourth-order valence-corrected chi connectivity index (χ4v) is 0.835. The van der Waals surface area contributed by atoms with E-state index >= 15 is 0 Å². The summed E-state index contributed by atoms with van der Waals surface area (Å²) in [6.45, 7) is 0. The molecule has 2 atom stereocenters. The van der Waals surface area contributed by atoms with Crippen molar-refractivity contribution in [3.8, 4) is 0 Å². The van der Waals surface area contributed by atoms with Crippen LogP contribution >= 0.6 is 0 Å². The van der Waals surface area contributed by atoms with Crippen LogP contribution in [0.25, 0.3) is 0 Å². The summed E-state index contributed by atoms with van der Waals surface area (Å²) in [7, 11) is 0. The summed E-state index contributed by atoms with van der Waals surface area (Å²) in [5, 5.41) is 41.5. The van der Waals surface area contributed by atoms with E-state index in [2.05, 4.69) is 10.2 Å². The summed E-state index contributed by atoms with van der Waals surface area (Å²) >= 11 is 0. The van der Waals surface area contributed by atoms with Crippen molar-refractivity contribution >= 4 is 11.9 Å². The number of aliphatic hydroxyl groups is 2. The number of hydrogen-bond acceptors (Lipinski definition) is 6. The zero-order valence-corrected chi connectivity index (χ0v) is 6.65. The van der Waals surface area contributed by atoms with Gasteiger partial charge in [0.05, 0.1) is 6.20 Å². The first-order valence-electron chi connectivity index (χ1n) is 3.39. The van der Waals surface area contributed by atoms with E-state index in [9.17, 15) is 14.7 Å². The first-order valence-corrected chi connectivity index (χ1v) is 3.39. The maximum atomic E-state index is 10.6. The van der Waals surface area contributed by atoms with E-state index in [-0.39, 0.29) is 0 Å². The molecule has 0 spiro atoms. The lowest BCUT2D eigenvalue weighted by atomic mass is 9.92. The lowest BCUT2D eigenvalue weighted by molar-refractivity contribution is -0.177. The Bertz CT molecular complexity index is 348. The molecule has 0 aliphatic carbocycles. The zero-order chi connectivity index (χ0) is 10.9. The highest BCUT2D eigenvalue weighted by atomic mass is 16.4. The minimum absolute atomic E-state index is 0.500. The fourth-order valence-electron chi connectivity index (χ4n) is 0.835. The van der Waals surface area contributed by atoms with E-state index < -0.39 is 29.3 Å². The predicted molar refractivity (Wildman–Crippen MR) is 39.2 cm³/mol. The SMILES string of the molecule is O=C(O)C(O)C(O)(C(=O)O)C1=CN=N1. The Labute approximate surface area is 76.8 Å². The third-order valence-electron chi connectivity index (χ3n) is 1.69. The van der Waals surface area contributed by atoms with Crippen molar-refractivity contribution in [2.45, 2.75) is 11.7 Å². The second-order valence-electron chi connectivity index (χ2n) is 2.54.